The first-order valence-corrected chi connectivity index (χ1v) is 10.2. The van der Waals surface area contributed by atoms with E-state index in [0.29, 0.717) is 17.9 Å². The summed E-state index contributed by atoms with van der Waals surface area (Å²) in [7, 11) is 0. The second-order valence-corrected chi connectivity index (χ2v) is 8.05. The van der Waals surface area contributed by atoms with E-state index in [4.69, 9.17) is 0 Å². The fourth-order valence-corrected chi connectivity index (χ4v) is 4.06. The fourth-order valence-electron chi connectivity index (χ4n) is 3.27. The van der Waals surface area contributed by atoms with Crippen molar-refractivity contribution in [1.82, 2.24) is 10.2 Å². The monoisotopic (exact) mass is 361 g/mol. The number of unbranched alkanes of at least 4 members (excludes halogenated alkanes) is 1. The van der Waals surface area contributed by atoms with Crippen molar-refractivity contribution in [2.45, 2.75) is 37.5 Å². The molecule has 5 nitrogen and oxygen atoms in total. The quantitative estimate of drug-likeness (QED) is 0.765. The van der Waals surface area contributed by atoms with Gasteiger partial charge in [-0.3, -0.25) is 9.59 Å². The van der Waals surface area contributed by atoms with Gasteiger partial charge < -0.3 is 15.5 Å². The van der Waals surface area contributed by atoms with Crippen LogP contribution in [0.3, 0.4) is 0 Å². The molecule has 3 rings (SSSR count). The number of rotatable bonds is 6. The van der Waals surface area contributed by atoms with E-state index in [1.165, 1.54) is 37.7 Å². The number of piperidine rings is 1. The number of benzene rings is 1. The average molecular weight is 362 g/mol. The number of carbonyl (C=O) groups is 2. The molecule has 6 heteroatoms. The molecule has 25 heavy (non-hydrogen) atoms. The van der Waals surface area contributed by atoms with Crippen LogP contribution in [0.2, 0.25) is 0 Å². The highest BCUT2D eigenvalue weighted by Crippen LogP contribution is 2.31. The van der Waals surface area contributed by atoms with Gasteiger partial charge in [-0.25, -0.2) is 0 Å². The molecule has 1 fully saturated rings. The van der Waals surface area contributed by atoms with Crippen molar-refractivity contribution in [1.29, 1.82) is 0 Å². The van der Waals surface area contributed by atoms with Crippen molar-refractivity contribution in [2.24, 2.45) is 5.92 Å². The standard InChI is InChI=1S/C19H27N3O2S/c1-14-6-10-22(11-7-14)9-3-2-8-20-19(24)15-4-5-17-16(12-15)21-18(23)13-25-17/h4-5,12,14H,2-3,6-11,13H2,1H3,(H,20,24)(H,21,23). The Kier molecular flexibility index (Phi) is 6.37. The fraction of sp³-hybridized carbons (Fsp3) is 0.579. The number of thioether (sulfide) groups is 1. The summed E-state index contributed by atoms with van der Waals surface area (Å²) in [5, 5.41) is 5.81. The summed E-state index contributed by atoms with van der Waals surface area (Å²) in [6.45, 7) is 6.59. The van der Waals surface area contributed by atoms with E-state index in [2.05, 4.69) is 22.5 Å². The first-order valence-electron chi connectivity index (χ1n) is 9.19. The molecular formula is C19H27N3O2S. The summed E-state index contributed by atoms with van der Waals surface area (Å²) in [6.07, 6.45) is 4.73. The third kappa shape index (κ3) is 5.22. The van der Waals surface area contributed by atoms with Crippen LogP contribution in [-0.4, -0.2) is 48.6 Å². The van der Waals surface area contributed by atoms with Gasteiger partial charge in [-0.2, -0.15) is 0 Å². The maximum Gasteiger partial charge on any atom is 0.251 e. The minimum atomic E-state index is -0.0700. The van der Waals surface area contributed by atoms with Crippen LogP contribution >= 0.6 is 11.8 Å². The lowest BCUT2D eigenvalue weighted by atomic mass is 9.99. The molecule has 1 saturated heterocycles. The van der Waals surface area contributed by atoms with E-state index >= 15 is 0 Å². The molecule has 2 amide bonds. The van der Waals surface area contributed by atoms with Crippen LogP contribution < -0.4 is 10.6 Å². The van der Waals surface area contributed by atoms with E-state index in [-0.39, 0.29) is 11.8 Å². The summed E-state index contributed by atoms with van der Waals surface area (Å²) < 4.78 is 0. The van der Waals surface area contributed by atoms with Crippen LogP contribution in [0, 0.1) is 5.92 Å². The Morgan fingerprint density at radius 1 is 1.32 bits per heavy atom. The molecule has 136 valence electrons. The summed E-state index contributed by atoms with van der Waals surface area (Å²) in [5.74, 6) is 1.23. The highest BCUT2D eigenvalue weighted by atomic mass is 32.2. The lowest BCUT2D eigenvalue weighted by Crippen LogP contribution is -2.34. The van der Waals surface area contributed by atoms with Gasteiger partial charge in [0.2, 0.25) is 5.91 Å². The molecule has 2 N–H and O–H groups in total. The normalized spacial score (nSPS) is 18.5. The van der Waals surface area contributed by atoms with Crippen LogP contribution in [-0.2, 0) is 4.79 Å². The zero-order valence-electron chi connectivity index (χ0n) is 14.8. The number of amides is 2. The van der Waals surface area contributed by atoms with Gasteiger partial charge in [-0.15, -0.1) is 11.8 Å². The smallest absolute Gasteiger partial charge is 0.251 e. The third-order valence-corrected chi connectivity index (χ3v) is 6.01. The molecule has 0 bridgehead atoms. The Bertz CT molecular complexity index is 627. The van der Waals surface area contributed by atoms with Gasteiger partial charge in [0, 0.05) is 17.0 Å². The SMILES string of the molecule is CC1CCN(CCCCNC(=O)c2ccc3c(c2)NC(=O)CS3)CC1. The lowest BCUT2D eigenvalue weighted by molar-refractivity contribution is -0.113. The van der Waals surface area contributed by atoms with Crippen molar-refractivity contribution in [2.75, 3.05) is 37.2 Å². The van der Waals surface area contributed by atoms with E-state index in [9.17, 15) is 9.59 Å². The highest BCUT2D eigenvalue weighted by Gasteiger charge is 2.17. The zero-order valence-corrected chi connectivity index (χ0v) is 15.7. The Labute approximate surface area is 153 Å². The first-order chi connectivity index (χ1) is 12.1. The topological polar surface area (TPSA) is 61.4 Å². The maximum atomic E-state index is 12.3. The van der Waals surface area contributed by atoms with Gasteiger partial charge in [-0.05, 0) is 69.4 Å². The summed E-state index contributed by atoms with van der Waals surface area (Å²) >= 11 is 1.51. The summed E-state index contributed by atoms with van der Waals surface area (Å²) in [5.41, 5.74) is 1.35. The van der Waals surface area contributed by atoms with Gasteiger partial charge in [-0.1, -0.05) is 6.92 Å². The molecule has 0 aliphatic carbocycles. The van der Waals surface area contributed by atoms with Crippen molar-refractivity contribution >= 4 is 29.3 Å². The summed E-state index contributed by atoms with van der Waals surface area (Å²) in [4.78, 5) is 27.3. The number of hydrogen-bond donors (Lipinski definition) is 2. The van der Waals surface area contributed by atoms with Crippen LogP contribution in [0.1, 0.15) is 43.0 Å². The maximum absolute atomic E-state index is 12.3. The minimum absolute atomic E-state index is 0.0119. The lowest BCUT2D eigenvalue weighted by Gasteiger charge is -2.30. The van der Waals surface area contributed by atoms with Gasteiger partial charge in [0.25, 0.3) is 5.91 Å². The second kappa shape index (κ2) is 8.72. The van der Waals surface area contributed by atoms with Crippen molar-refractivity contribution in [3.8, 4) is 0 Å². The molecule has 1 aromatic carbocycles. The molecule has 0 radical (unpaired) electrons. The second-order valence-electron chi connectivity index (χ2n) is 7.03. The molecule has 0 atom stereocenters. The van der Waals surface area contributed by atoms with E-state index in [0.717, 1.165) is 35.9 Å². The number of nitrogens with zero attached hydrogens (tertiary/aromatic N) is 1. The number of carbonyl (C=O) groups excluding carboxylic acids is 2. The predicted octanol–water partition coefficient (Wildman–Crippen LogP) is 2.97. The zero-order chi connectivity index (χ0) is 17.6. The number of anilines is 1. The van der Waals surface area contributed by atoms with E-state index in [1.54, 1.807) is 6.07 Å². The Hall–Kier alpha value is -1.53. The Morgan fingerprint density at radius 3 is 2.92 bits per heavy atom. The van der Waals surface area contributed by atoms with Crippen LogP contribution in [0.15, 0.2) is 23.1 Å². The molecule has 0 saturated carbocycles. The Morgan fingerprint density at radius 2 is 2.12 bits per heavy atom. The third-order valence-electron chi connectivity index (χ3n) is 4.94. The molecule has 0 spiro atoms. The molecular weight excluding hydrogens is 334 g/mol. The minimum Gasteiger partial charge on any atom is -0.352 e. The van der Waals surface area contributed by atoms with Gasteiger partial charge in [0.05, 0.1) is 11.4 Å². The number of nitrogens with one attached hydrogen (secondary N) is 2. The van der Waals surface area contributed by atoms with E-state index < -0.39 is 0 Å². The van der Waals surface area contributed by atoms with Crippen molar-refractivity contribution in [3.63, 3.8) is 0 Å². The van der Waals surface area contributed by atoms with Gasteiger partial charge >= 0.3 is 0 Å². The Balaban J connectivity index is 1.38. The van der Waals surface area contributed by atoms with Gasteiger partial charge in [0.1, 0.15) is 0 Å². The number of fused-ring (bicyclic) bond motifs is 1. The summed E-state index contributed by atoms with van der Waals surface area (Å²) in [6, 6.07) is 5.50. The molecule has 0 unspecified atom stereocenters. The molecule has 2 aliphatic rings. The van der Waals surface area contributed by atoms with Crippen molar-refractivity contribution in [3.05, 3.63) is 23.8 Å². The molecule has 2 heterocycles. The van der Waals surface area contributed by atoms with Crippen LogP contribution in [0.5, 0.6) is 0 Å². The largest absolute Gasteiger partial charge is 0.352 e. The van der Waals surface area contributed by atoms with Crippen LogP contribution in [0.25, 0.3) is 0 Å². The highest BCUT2D eigenvalue weighted by molar-refractivity contribution is 8.00. The van der Waals surface area contributed by atoms with E-state index in [1.807, 2.05) is 12.1 Å². The molecule has 2 aliphatic heterocycles. The van der Waals surface area contributed by atoms with Crippen LogP contribution in [0.4, 0.5) is 5.69 Å². The van der Waals surface area contributed by atoms with Crippen molar-refractivity contribution < 1.29 is 9.59 Å². The van der Waals surface area contributed by atoms with Gasteiger partial charge in [0.15, 0.2) is 0 Å². The number of likely N-dealkylation sites (tertiary alicyclic amines) is 1. The first kappa shape index (κ1) is 18.3. The number of hydrogen-bond acceptors (Lipinski definition) is 4. The average Bonchev–Trinajstić information content (AvgIpc) is 2.62. The predicted molar refractivity (Wildman–Crippen MR) is 102 cm³/mol. The molecule has 0 aromatic heterocycles. The molecule has 1 aromatic rings.